The Bertz CT molecular complexity index is 1060. The molecule has 1 aliphatic heterocycles. The number of rotatable bonds is 5. The van der Waals surface area contributed by atoms with E-state index in [1.807, 2.05) is 0 Å². The van der Waals surface area contributed by atoms with Crippen molar-refractivity contribution in [2.75, 3.05) is 27.8 Å². The molecule has 9 nitrogen and oxygen atoms in total. The summed E-state index contributed by atoms with van der Waals surface area (Å²) in [6.07, 6.45) is -4.08. The van der Waals surface area contributed by atoms with E-state index in [1.54, 1.807) is 31.2 Å². The second-order valence-corrected chi connectivity index (χ2v) is 7.54. The molecule has 12 heteroatoms. The average Bonchev–Trinajstić information content (AvgIpc) is 3.28. The van der Waals surface area contributed by atoms with Gasteiger partial charge in [-0.3, -0.25) is 4.98 Å². The van der Waals surface area contributed by atoms with E-state index in [-0.39, 0.29) is 6.54 Å². The number of alkyl halides is 3. The summed E-state index contributed by atoms with van der Waals surface area (Å²) in [7, 11) is 4.32. The molecule has 0 saturated carbocycles. The van der Waals surface area contributed by atoms with Crippen molar-refractivity contribution < 1.29 is 32.2 Å². The molecule has 0 bridgehead atoms. The van der Waals surface area contributed by atoms with Gasteiger partial charge in [0.1, 0.15) is 11.4 Å². The van der Waals surface area contributed by atoms with Gasteiger partial charge in [-0.1, -0.05) is 6.07 Å². The molecule has 3 rings (SSSR count). The minimum atomic E-state index is -4.55. The molecule has 0 saturated heterocycles. The summed E-state index contributed by atoms with van der Waals surface area (Å²) in [5.41, 5.74) is 0.520. The molecule has 1 N–H and O–H groups in total. The molecule has 1 aromatic carbocycles. The smallest absolute Gasteiger partial charge is 0.433 e. The zero-order valence-electron chi connectivity index (χ0n) is 19.0. The lowest BCUT2D eigenvalue weighted by Gasteiger charge is -2.25. The van der Waals surface area contributed by atoms with Gasteiger partial charge in [-0.25, -0.2) is 14.6 Å². The molecule has 0 aliphatic carbocycles. The zero-order valence-corrected chi connectivity index (χ0v) is 19.0. The predicted octanol–water partition coefficient (Wildman–Crippen LogP) is 3.67. The van der Waals surface area contributed by atoms with E-state index in [0.717, 1.165) is 17.3 Å². The van der Waals surface area contributed by atoms with E-state index in [1.165, 1.54) is 32.2 Å². The topological polar surface area (TPSA) is 96.4 Å². The van der Waals surface area contributed by atoms with Crippen molar-refractivity contribution in [1.29, 1.82) is 0 Å². The highest BCUT2D eigenvalue weighted by Gasteiger charge is 2.37. The number of hydrogen-bond acceptors (Lipinski definition) is 6. The molecule has 1 aromatic heterocycles. The quantitative estimate of drug-likeness (QED) is 0.706. The van der Waals surface area contributed by atoms with Crippen LogP contribution in [-0.2, 0) is 10.9 Å². The number of carbonyl (C=O) groups excluding carboxylic acids is 2. The summed E-state index contributed by atoms with van der Waals surface area (Å²) < 4.78 is 48.2. The van der Waals surface area contributed by atoms with Crippen LogP contribution in [0.2, 0.25) is 0 Å². The van der Waals surface area contributed by atoms with Crippen molar-refractivity contribution in [3.05, 3.63) is 59.4 Å². The normalized spacial score (nSPS) is 16.5. The molecule has 1 aliphatic rings. The van der Waals surface area contributed by atoms with Gasteiger partial charge in [0.15, 0.2) is 0 Å². The number of aromatic nitrogens is 1. The minimum Gasteiger partial charge on any atom is -0.497 e. The number of nitrogens with one attached hydrogen (secondary N) is 1. The lowest BCUT2D eigenvalue weighted by molar-refractivity contribution is -0.141. The second kappa shape index (κ2) is 9.98. The number of amides is 3. The Hall–Kier alpha value is -3.83. The first-order valence-corrected chi connectivity index (χ1v) is 10.2. The fourth-order valence-electron chi connectivity index (χ4n) is 3.38. The lowest BCUT2D eigenvalue weighted by Crippen LogP contribution is -2.46. The Kier molecular flexibility index (Phi) is 7.28. The fraction of sp³-hybridized carbons (Fsp3) is 0.364. The van der Waals surface area contributed by atoms with Gasteiger partial charge in [0.2, 0.25) is 0 Å². The fourth-order valence-corrected chi connectivity index (χ4v) is 3.38. The maximum atomic E-state index is 12.9. The molecular formula is C22H24F3N5O4. The Morgan fingerprint density at radius 1 is 1.18 bits per heavy atom. The Balaban J connectivity index is 1.79. The largest absolute Gasteiger partial charge is 0.497 e. The number of likely N-dealkylation sites (N-methyl/N-ethyl adjacent to an activating group) is 1. The first-order valence-electron chi connectivity index (χ1n) is 10.2. The number of hydrazone groups is 1. The first-order chi connectivity index (χ1) is 16.0. The van der Waals surface area contributed by atoms with E-state index < -0.39 is 36.1 Å². The molecule has 34 heavy (non-hydrogen) atoms. The first kappa shape index (κ1) is 24.8. The molecule has 0 fully saturated rings. The van der Waals surface area contributed by atoms with E-state index >= 15 is 0 Å². The van der Waals surface area contributed by atoms with Crippen LogP contribution in [0, 0.1) is 0 Å². The molecule has 2 heterocycles. The van der Waals surface area contributed by atoms with E-state index in [4.69, 9.17) is 9.47 Å². The van der Waals surface area contributed by atoms with Crippen LogP contribution in [0.4, 0.5) is 22.8 Å². The van der Waals surface area contributed by atoms with Crippen LogP contribution in [0.1, 0.15) is 29.8 Å². The Morgan fingerprint density at radius 3 is 2.38 bits per heavy atom. The third kappa shape index (κ3) is 5.38. The minimum absolute atomic E-state index is 0.0524. The third-order valence-electron chi connectivity index (χ3n) is 5.36. The molecule has 1 unspecified atom stereocenters. The number of pyridine rings is 1. The van der Waals surface area contributed by atoms with Crippen LogP contribution in [0.15, 0.2) is 47.7 Å². The van der Waals surface area contributed by atoms with Gasteiger partial charge in [0, 0.05) is 18.8 Å². The van der Waals surface area contributed by atoms with Gasteiger partial charge in [-0.2, -0.15) is 18.3 Å². The van der Waals surface area contributed by atoms with Crippen molar-refractivity contribution in [3.63, 3.8) is 0 Å². The number of methoxy groups -OCH3 is 2. The van der Waals surface area contributed by atoms with Crippen LogP contribution >= 0.6 is 0 Å². The summed E-state index contributed by atoms with van der Waals surface area (Å²) in [5.74, 6) is 0.633. The van der Waals surface area contributed by atoms with Crippen LogP contribution in [0.5, 0.6) is 5.75 Å². The molecular weight excluding hydrogens is 455 g/mol. The molecule has 2 atom stereocenters. The molecule has 0 radical (unpaired) electrons. The second-order valence-electron chi connectivity index (χ2n) is 7.54. The highest BCUT2D eigenvalue weighted by atomic mass is 19.4. The van der Waals surface area contributed by atoms with Crippen molar-refractivity contribution in [2.45, 2.75) is 25.2 Å². The van der Waals surface area contributed by atoms with Gasteiger partial charge in [0.25, 0.3) is 0 Å². The summed E-state index contributed by atoms with van der Waals surface area (Å²) in [6, 6.07) is 7.28. The Labute approximate surface area is 194 Å². The maximum absolute atomic E-state index is 12.9. The number of carbonyl (C=O) groups is 2. The standard InChI is InChI=1S/C22H24F3N5O4/c1-13(15-7-10-18(26-11-15)22(23,24)25)27-20(31)30-12-17(29(2)21(32)34-4)19(28-30)14-5-8-16(33-3)9-6-14/h5-11,13,17H,12H2,1-4H3,(H,27,31)/t13-,17?/m1/s1. The summed E-state index contributed by atoms with van der Waals surface area (Å²) >= 11 is 0. The van der Waals surface area contributed by atoms with Gasteiger partial charge in [-0.05, 0) is 42.8 Å². The SMILES string of the molecule is COC(=O)N(C)C1CN(C(=O)N[C@H](C)c2ccc(C(F)(F)F)nc2)N=C1c1ccc(OC)cc1. The third-order valence-corrected chi connectivity index (χ3v) is 5.36. The highest BCUT2D eigenvalue weighted by Crippen LogP contribution is 2.28. The highest BCUT2D eigenvalue weighted by molar-refractivity contribution is 6.07. The van der Waals surface area contributed by atoms with Gasteiger partial charge >= 0.3 is 18.3 Å². The zero-order chi connectivity index (χ0) is 25.0. The Morgan fingerprint density at radius 2 is 1.85 bits per heavy atom. The van der Waals surface area contributed by atoms with Crippen LogP contribution < -0.4 is 10.1 Å². The van der Waals surface area contributed by atoms with Gasteiger partial charge in [-0.15, -0.1) is 0 Å². The van der Waals surface area contributed by atoms with Crippen LogP contribution in [0.25, 0.3) is 0 Å². The summed E-state index contributed by atoms with van der Waals surface area (Å²) in [4.78, 5) is 29.8. The predicted molar refractivity (Wildman–Crippen MR) is 116 cm³/mol. The van der Waals surface area contributed by atoms with Crippen molar-refractivity contribution in [3.8, 4) is 5.75 Å². The number of nitrogens with zero attached hydrogens (tertiary/aromatic N) is 4. The van der Waals surface area contributed by atoms with Crippen LogP contribution in [-0.4, -0.2) is 66.6 Å². The van der Waals surface area contributed by atoms with Gasteiger partial charge in [0.05, 0.1) is 38.6 Å². The monoisotopic (exact) mass is 479 g/mol. The summed E-state index contributed by atoms with van der Waals surface area (Å²) in [6.45, 7) is 1.67. The number of halogens is 3. The number of benzene rings is 1. The lowest BCUT2D eigenvalue weighted by atomic mass is 10.0. The van der Waals surface area contributed by atoms with E-state index in [2.05, 4.69) is 15.4 Å². The summed E-state index contributed by atoms with van der Waals surface area (Å²) in [5, 5.41) is 8.27. The number of urea groups is 1. The molecule has 0 spiro atoms. The number of ether oxygens (including phenoxy) is 2. The van der Waals surface area contributed by atoms with Crippen molar-refractivity contribution in [2.24, 2.45) is 5.10 Å². The molecule has 2 aromatic rings. The average molecular weight is 479 g/mol. The van der Waals surface area contributed by atoms with E-state index in [0.29, 0.717) is 22.6 Å². The van der Waals surface area contributed by atoms with E-state index in [9.17, 15) is 22.8 Å². The van der Waals surface area contributed by atoms with Gasteiger partial charge < -0.3 is 19.7 Å². The van der Waals surface area contributed by atoms with Crippen LogP contribution in [0.3, 0.4) is 0 Å². The maximum Gasteiger partial charge on any atom is 0.433 e. The van der Waals surface area contributed by atoms with Crippen molar-refractivity contribution >= 4 is 17.8 Å². The number of hydrogen-bond donors (Lipinski definition) is 1. The molecule has 3 amide bonds. The molecule has 182 valence electrons. The van der Waals surface area contributed by atoms with Crippen molar-refractivity contribution in [1.82, 2.24) is 20.2 Å².